The predicted molar refractivity (Wildman–Crippen MR) is 111 cm³/mol. The second kappa shape index (κ2) is 8.87. The molecule has 0 unspecified atom stereocenters. The minimum absolute atomic E-state index is 0.0173. The van der Waals surface area contributed by atoms with Crippen LogP contribution in [0.1, 0.15) is 27.2 Å². The second-order valence-corrected chi connectivity index (χ2v) is 8.25. The lowest BCUT2D eigenvalue weighted by Gasteiger charge is -2.21. The molecule has 0 spiro atoms. The number of anilines is 1. The number of alkyl halides is 6. The number of aromatic nitrogens is 2. The molecule has 0 fully saturated rings. The van der Waals surface area contributed by atoms with Gasteiger partial charge in [0.1, 0.15) is 11.3 Å². The molecule has 1 amide bonds. The molecule has 182 valence electrons. The Morgan fingerprint density at radius 2 is 1.57 bits per heavy atom. The van der Waals surface area contributed by atoms with Crippen molar-refractivity contribution in [3.63, 3.8) is 0 Å². The third-order valence-corrected chi connectivity index (χ3v) is 5.78. The highest BCUT2D eigenvalue weighted by atomic mass is 32.1. The van der Waals surface area contributed by atoms with Crippen molar-refractivity contribution in [2.24, 2.45) is 0 Å². The molecule has 4 nitrogen and oxygen atoms in total. The van der Waals surface area contributed by atoms with Crippen LogP contribution in [0.25, 0.3) is 10.2 Å². The number of carbonyl (C=O) groups is 1. The molecule has 0 saturated carbocycles. The Morgan fingerprint density at radius 1 is 0.914 bits per heavy atom. The first-order valence-electron chi connectivity index (χ1n) is 9.60. The summed E-state index contributed by atoms with van der Waals surface area (Å²) in [6.45, 7) is -0.415. The van der Waals surface area contributed by atoms with Gasteiger partial charge in [-0.05, 0) is 36.4 Å². The Hall–Kier alpha value is -3.61. The molecule has 0 radical (unpaired) electrons. The summed E-state index contributed by atoms with van der Waals surface area (Å²) in [6, 6.07) is 6.52. The van der Waals surface area contributed by atoms with E-state index in [0.29, 0.717) is 17.4 Å². The lowest BCUT2D eigenvalue weighted by molar-refractivity contribution is -0.143. The molecule has 0 bridgehead atoms. The van der Waals surface area contributed by atoms with Gasteiger partial charge in [-0.2, -0.15) is 26.3 Å². The molecule has 4 rings (SSSR count). The van der Waals surface area contributed by atoms with Gasteiger partial charge in [-0.15, -0.1) is 0 Å². The van der Waals surface area contributed by atoms with Crippen molar-refractivity contribution in [1.82, 2.24) is 9.97 Å². The van der Waals surface area contributed by atoms with Crippen molar-refractivity contribution >= 4 is 32.6 Å². The van der Waals surface area contributed by atoms with E-state index in [-0.39, 0.29) is 39.2 Å². The lowest BCUT2D eigenvalue weighted by Crippen LogP contribution is -2.31. The lowest BCUT2D eigenvalue weighted by atomic mass is 10.0. The minimum Gasteiger partial charge on any atom is -0.278 e. The van der Waals surface area contributed by atoms with E-state index in [1.165, 1.54) is 12.3 Å². The summed E-state index contributed by atoms with van der Waals surface area (Å²) < 4.78 is 108. The van der Waals surface area contributed by atoms with Crippen LogP contribution in [0.5, 0.6) is 0 Å². The van der Waals surface area contributed by atoms with Gasteiger partial charge in [0.05, 0.1) is 28.1 Å². The van der Waals surface area contributed by atoms with Crippen molar-refractivity contribution in [1.29, 1.82) is 0 Å². The van der Waals surface area contributed by atoms with Gasteiger partial charge in [0.2, 0.25) is 0 Å². The molecule has 0 aliphatic carbocycles. The van der Waals surface area contributed by atoms with Crippen molar-refractivity contribution in [2.75, 3.05) is 4.90 Å². The fourth-order valence-electron chi connectivity index (χ4n) is 3.18. The van der Waals surface area contributed by atoms with Crippen LogP contribution in [-0.4, -0.2) is 15.9 Å². The zero-order valence-electron chi connectivity index (χ0n) is 17.1. The molecule has 4 aromatic rings. The van der Waals surface area contributed by atoms with Crippen molar-refractivity contribution in [3.8, 4) is 0 Å². The molecular weight excluding hydrogens is 506 g/mol. The third kappa shape index (κ3) is 5.24. The van der Waals surface area contributed by atoms with Crippen molar-refractivity contribution in [3.05, 3.63) is 88.7 Å². The maximum absolute atomic E-state index is 14.2. The molecule has 0 aliphatic rings. The number of nitrogens with zero attached hydrogens (tertiary/aromatic N) is 3. The van der Waals surface area contributed by atoms with Crippen LogP contribution in [0, 0.1) is 11.6 Å². The Bertz CT molecular complexity index is 1370. The van der Waals surface area contributed by atoms with Gasteiger partial charge in [-0.25, -0.2) is 13.8 Å². The van der Waals surface area contributed by atoms with Gasteiger partial charge in [-0.3, -0.25) is 14.7 Å². The number of benzene rings is 2. The number of halogens is 8. The highest BCUT2D eigenvalue weighted by Crippen LogP contribution is 2.38. The second-order valence-electron chi connectivity index (χ2n) is 7.24. The van der Waals surface area contributed by atoms with E-state index < -0.39 is 53.1 Å². The van der Waals surface area contributed by atoms with Gasteiger partial charge >= 0.3 is 12.4 Å². The molecule has 2 heterocycles. The maximum Gasteiger partial charge on any atom is 0.416 e. The zero-order chi connectivity index (χ0) is 25.5. The SMILES string of the molecule is O=C(c1cc(C(F)(F)F)cc(C(F)(F)F)c1)N(Cc1ccccn1)c1nc2c(F)cc(F)cc2s1. The molecule has 2 aromatic carbocycles. The van der Waals surface area contributed by atoms with Crippen LogP contribution >= 0.6 is 11.3 Å². The van der Waals surface area contributed by atoms with Gasteiger partial charge in [0, 0.05) is 17.8 Å². The summed E-state index contributed by atoms with van der Waals surface area (Å²) in [5, 5.41) is -0.272. The summed E-state index contributed by atoms with van der Waals surface area (Å²) in [7, 11) is 0. The Morgan fingerprint density at radius 3 is 2.14 bits per heavy atom. The fraction of sp³-hybridized carbons (Fsp3) is 0.136. The van der Waals surface area contributed by atoms with Gasteiger partial charge in [0.15, 0.2) is 10.9 Å². The first-order valence-corrected chi connectivity index (χ1v) is 10.4. The predicted octanol–water partition coefficient (Wildman–Crippen LogP) is 6.85. The number of carbonyl (C=O) groups excluding carboxylic acids is 1. The summed E-state index contributed by atoms with van der Waals surface area (Å²) in [5.74, 6) is -3.25. The molecule has 0 saturated heterocycles. The van der Waals surface area contributed by atoms with Gasteiger partial charge in [0.25, 0.3) is 5.91 Å². The fourth-order valence-corrected chi connectivity index (χ4v) is 4.18. The molecule has 0 N–H and O–H groups in total. The van der Waals surface area contributed by atoms with E-state index in [0.717, 1.165) is 11.0 Å². The number of pyridine rings is 1. The average Bonchev–Trinajstić information content (AvgIpc) is 3.20. The molecular formula is C22H11F8N3OS. The van der Waals surface area contributed by atoms with E-state index >= 15 is 0 Å². The standard InChI is InChI=1S/C22H11F8N3OS/c23-14-8-16(24)18-17(9-14)35-20(32-18)33(10-15-3-1-2-4-31-15)19(34)11-5-12(21(25,26)27)7-13(6-11)22(28,29)30/h1-9H,10H2. The summed E-state index contributed by atoms with van der Waals surface area (Å²) in [6.07, 6.45) is -8.98. The smallest absolute Gasteiger partial charge is 0.278 e. The van der Waals surface area contributed by atoms with Crippen LogP contribution < -0.4 is 4.90 Å². The van der Waals surface area contributed by atoms with Crippen molar-refractivity contribution < 1.29 is 39.9 Å². The van der Waals surface area contributed by atoms with Crippen LogP contribution in [0.4, 0.5) is 40.3 Å². The summed E-state index contributed by atoms with van der Waals surface area (Å²) in [5.41, 5.74) is -4.37. The molecule has 0 aliphatic heterocycles. The molecule has 2 aromatic heterocycles. The van der Waals surface area contributed by atoms with E-state index in [2.05, 4.69) is 9.97 Å². The maximum atomic E-state index is 14.2. The average molecular weight is 517 g/mol. The van der Waals surface area contributed by atoms with E-state index in [1.54, 1.807) is 12.1 Å². The normalized spacial score (nSPS) is 12.2. The number of hydrogen-bond donors (Lipinski definition) is 0. The Balaban J connectivity index is 1.87. The first kappa shape index (κ1) is 24.5. The monoisotopic (exact) mass is 517 g/mol. The van der Waals surface area contributed by atoms with E-state index in [4.69, 9.17) is 0 Å². The highest BCUT2D eigenvalue weighted by Gasteiger charge is 2.38. The topological polar surface area (TPSA) is 46.1 Å². The molecule has 35 heavy (non-hydrogen) atoms. The van der Waals surface area contributed by atoms with Crippen LogP contribution in [0.3, 0.4) is 0 Å². The highest BCUT2D eigenvalue weighted by molar-refractivity contribution is 7.22. The number of rotatable bonds is 4. The number of fused-ring (bicyclic) bond motifs is 1. The number of hydrogen-bond acceptors (Lipinski definition) is 4. The first-order chi connectivity index (χ1) is 16.3. The molecule has 0 atom stereocenters. The quantitative estimate of drug-likeness (QED) is 0.278. The van der Waals surface area contributed by atoms with Gasteiger partial charge in [-0.1, -0.05) is 17.4 Å². The molecule has 13 heteroatoms. The van der Waals surface area contributed by atoms with Gasteiger partial charge < -0.3 is 0 Å². The summed E-state index contributed by atoms with van der Waals surface area (Å²) >= 11 is 0.637. The minimum atomic E-state index is -5.17. The van der Waals surface area contributed by atoms with Crippen molar-refractivity contribution in [2.45, 2.75) is 18.9 Å². The zero-order valence-corrected chi connectivity index (χ0v) is 17.9. The van der Waals surface area contributed by atoms with E-state index in [9.17, 15) is 39.9 Å². The largest absolute Gasteiger partial charge is 0.416 e. The number of amides is 1. The van der Waals surface area contributed by atoms with E-state index in [1.807, 2.05) is 0 Å². The Kier molecular flexibility index (Phi) is 6.21. The third-order valence-electron chi connectivity index (χ3n) is 4.76. The van der Waals surface area contributed by atoms with Crippen LogP contribution in [0.2, 0.25) is 0 Å². The Labute approximate surface area is 195 Å². The summed E-state index contributed by atoms with van der Waals surface area (Å²) in [4.78, 5) is 22.0. The van der Waals surface area contributed by atoms with Crippen LogP contribution in [0.15, 0.2) is 54.7 Å². The number of thiazole rings is 1. The van der Waals surface area contributed by atoms with Crippen LogP contribution in [-0.2, 0) is 18.9 Å².